The maximum atomic E-state index is 11.3. The summed E-state index contributed by atoms with van der Waals surface area (Å²) in [5.41, 5.74) is 14.5. The van der Waals surface area contributed by atoms with Gasteiger partial charge in [0.25, 0.3) is 0 Å². The summed E-state index contributed by atoms with van der Waals surface area (Å²) in [6.07, 6.45) is 1.86. The van der Waals surface area contributed by atoms with E-state index in [4.69, 9.17) is 11.3 Å². The van der Waals surface area contributed by atoms with Gasteiger partial charge in [-0.05, 0) is 86.5 Å². The Hall–Kier alpha value is -5.57. The summed E-state index contributed by atoms with van der Waals surface area (Å²) in [6.45, 7) is 17.3. The monoisotopic (exact) mass is 940 g/mol. The molecule has 0 radical (unpaired) electrons. The van der Waals surface area contributed by atoms with Crippen LogP contribution in [0.25, 0.3) is 72.7 Å². The first-order chi connectivity index (χ1) is 27.6. The number of aromatic nitrogens is 3. The topological polar surface area (TPSA) is 50.9 Å². The van der Waals surface area contributed by atoms with Gasteiger partial charge in [-0.25, -0.2) is 4.98 Å². The van der Waals surface area contributed by atoms with Crippen LogP contribution in [0.15, 0.2) is 146 Å². The van der Waals surface area contributed by atoms with Gasteiger partial charge in [0.1, 0.15) is 11.6 Å². The normalized spacial score (nSPS) is 12.3. The largest absolute Gasteiger partial charge is 0.507 e. The molecule has 0 atom stereocenters. The van der Waals surface area contributed by atoms with Crippen LogP contribution in [0.4, 0.5) is 0 Å². The molecule has 0 bridgehead atoms. The number of benzene rings is 6. The molecule has 294 valence electrons. The minimum Gasteiger partial charge on any atom is -0.507 e. The molecule has 0 aliphatic carbocycles. The summed E-state index contributed by atoms with van der Waals surface area (Å²) in [4.78, 5) is 10.3. The van der Waals surface area contributed by atoms with Gasteiger partial charge in [-0.1, -0.05) is 158 Å². The molecule has 0 spiro atoms. The third-order valence-electron chi connectivity index (χ3n) is 10.8. The molecule has 2 heterocycles. The Morgan fingerprint density at radius 1 is 0.638 bits per heavy atom. The van der Waals surface area contributed by atoms with Crippen LogP contribution in [0, 0.1) is 6.07 Å². The predicted octanol–water partition coefficient (Wildman–Crippen LogP) is 14.0. The number of hydrogen-bond acceptors (Lipinski definition) is 3. The number of para-hydroxylation sites is 2. The molecule has 0 fully saturated rings. The van der Waals surface area contributed by atoms with E-state index in [1.165, 1.54) is 16.7 Å². The van der Waals surface area contributed by atoms with Gasteiger partial charge in [0.2, 0.25) is 0 Å². The maximum Gasteiger partial charge on any atom is 0.148 e. The van der Waals surface area contributed by atoms with E-state index >= 15 is 0 Å². The van der Waals surface area contributed by atoms with E-state index in [0.29, 0.717) is 11.4 Å². The molecule has 0 amide bonds. The summed E-state index contributed by atoms with van der Waals surface area (Å²) >= 11 is 0. The molecule has 2 aromatic heterocycles. The molecule has 1 N–H and O–H groups in total. The molecule has 0 aliphatic heterocycles. The van der Waals surface area contributed by atoms with Crippen LogP contribution in [0.2, 0.25) is 0 Å². The molecule has 58 heavy (non-hydrogen) atoms. The molecule has 0 saturated heterocycles. The van der Waals surface area contributed by atoms with Crippen LogP contribution in [0.1, 0.15) is 79.3 Å². The van der Waals surface area contributed by atoms with Crippen LogP contribution in [0.3, 0.4) is 0 Å². The first kappa shape index (κ1) is 39.3. The van der Waals surface area contributed by atoms with Crippen molar-refractivity contribution in [2.75, 3.05) is 0 Å². The number of hydrogen-bond donors (Lipinski definition) is 1. The van der Waals surface area contributed by atoms with E-state index in [-0.39, 0.29) is 37.6 Å². The van der Waals surface area contributed by atoms with E-state index in [1.807, 2.05) is 56.4 Å². The molecule has 0 saturated carbocycles. The van der Waals surface area contributed by atoms with Crippen molar-refractivity contribution < 1.29 is 27.5 Å². The van der Waals surface area contributed by atoms with Crippen molar-refractivity contribution in [2.45, 2.75) is 72.1 Å². The molecule has 0 aliphatic rings. The Morgan fingerprint density at radius 2 is 1.33 bits per heavy atom. The molecular weight excluding hydrogens is 890 g/mol. The van der Waals surface area contributed by atoms with Crippen LogP contribution in [0.5, 0.6) is 5.75 Å². The second-order valence-corrected chi connectivity index (χ2v) is 17.3. The van der Waals surface area contributed by atoms with E-state index in [1.54, 1.807) is 6.07 Å². The van der Waals surface area contributed by atoms with Crippen molar-refractivity contribution in [2.24, 2.45) is 0 Å². The predicted molar refractivity (Wildman–Crippen MR) is 238 cm³/mol. The Labute approximate surface area is 359 Å². The quantitative estimate of drug-likeness (QED) is 0.162. The van der Waals surface area contributed by atoms with Crippen LogP contribution in [-0.2, 0) is 31.9 Å². The minimum atomic E-state index is -0.663. The van der Waals surface area contributed by atoms with Gasteiger partial charge < -0.3 is 5.11 Å². The SMILES string of the molecule is [2H]C(C)(C)c1ccc(-c2ccnc(-c3[c-]c(-c4cccc5c4nc(-c4ccccc4O)n5-c4ccc(-c5ccccc5)c(C(C)(C)C)c4)cc(C(C)(C)C)c3)c2)cc1.[Pt]. The zero-order valence-electron chi connectivity index (χ0n) is 35.5. The number of phenolic OH excluding ortho intramolecular Hbond substituents is 1. The van der Waals surface area contributed by atoms with Crippen molar-refractivity contribution in [1.82, 2.24) is 14.5 Å². The van der Waals surface area contributed by atoms with Crippen molar-refractivity contribution in [3.8, 4) is 67.5 Å². The number of phenols is 1. The van der Waals surface area contributed by atoms with Crippen LogP contribution < -0.4 is 0 Å². The molecular formula is C53H50N3OPt-. The van der Waals surface area contributed by atoms with Gasteiger partial charge in [-0.2, -0.15) is 0 Å². The Kier molecular flexibility index (Phi) is 10.8. The fourth-order valence-electron chi connectivity index (χ4n) is 7.62. The summed E-state index contributed by atoms with van der Waals surface area (Å²) < 4.78 is 10.6. The Bertz CT molecular complexity index is 2790. The first-order valence-electron chi connectivity index (χ1n) is 20.2. The number of nitrogens with zero attached hydrogens (tertiary/aromatic N) is 3. The van der Waals surface area contributed by atoms with Gasteiger partial charge in [0.15, 0.2) is 0 Å². The summed E-state index contributed by atoms with van der Waals surface area (Å²) in [5, 5.41) is 11.3. The van der Waals surface area contributed by atoms with Crippen LogP contribution in [-0.4, -0.2) is 19.6 Å². The fourth-order valence-corrected chi connectivity index (χ4v) is 7.62. The van der Waals surface area contributed by atoms with Crippen molar-refractivity contribution in [3.05, 3.63) is 168 Å². The van der Waals surface area contributed by atoms with Crippen molar-refractivity contribution in [1.29, 1.82) is 0 Å². The average Bonchev–Trinajstić information content (AvgIpc) is 3.60. The van der Waals surface area contributed by atoms with Crippen molar-refractivity contribution in [3.63, 3.8) is 0 Å². The third-order valence-corrected chi connectivity index (χ3v) is 10.8. The number of rotatable bonds is 7. The smallest absolute Gasteiger partial charge is 0.148 e. The zero-order valence-corrected chi connectivity index (χ0v) is 36.7. The van der Waals surface area contributed by atoms with Gasteiger partial charge in [-0.3, -0.25) is 9.55 Å². The second-order valence-electron chi connectivity index (χ2n) is 17.3. The van der Waals surface area contributed by atoms with E-state index in [0.717, 1.165) is 61.4 Å². The van der Waals surface area contributed by atoms with E-state index < -0.39 is 5.89 Å². The summed E-state index contributed by atoms with van der Waals surface area (Å²) in [6, 6.07) is 51.6. The third kappa shape index (κ3) is 7.96. The van der Waals surface area contributed by atoms with Crippen LogP contribution >= 0.6 is 0 Å². The Morgan fingerprint density at radius 3 is 2.02 bits per heavy atom. The number of pyridine rings is 1. The first-order valence-corrected chi connectivity index (χ1v) is 19.7. The average molecular weight is 941 g/mol. The fraction of sp³-hybridized carbons (Fsp3) is 0.208. The minimum absolute atomic E-state index is 0. The summed E-state index contributed by atoms with van der Waals surface area (Å²) in [5.74, 6) is 0.170. The number of aromatic hydroxyl groups is 1. The van der Waals surface area contributed by atoms with Gasteiger partial charge in [0, 0.05) is 40.0 Å². The standard InChI is InChI=1S/C53H50N3O.Pt/c1-34(2)35-21-23-36(24-22-35)38-27-28-54-47(32-38)40-29-39(30-41(31-40)52(3,4)5)44-18-14-19-48-50(44)55-51(45-17-12-13-20-49(45)57)56(48)42-25-26-43(37-15-10-9-11-16-37)46(33-42)53(6,7)8;/h9-28,30-34,57H,1-8H3;/q-1;/i34D;. The zero-order chi connectivity index (χ0) is 41.0. The van der Waals surface area contributed by atoms with E-state index in [9.17, 15) is 5.11 Å². The Balaban J connectivity index is 0.00000528. The molecule has 6 aromatic carbocycles. The summed E-state index contributed by atoms with van der Waals surface area (Å²) in [7, 11) is 0. The molecule has 0 unspecified atom stereocenters. The van der Waals surface area contributed by atoms with Gasteiger partial charge in [0.05, 0.1) is 16.6 Å². The molecule has 8 aromatic rings. The van der Waals surface area contributed by atoms with Gasteiger partial charge >= 0.3 is 0 Å². The number of fused-ring (bicyclic) bond motifs is 1. The van der Waals surface area contributed by atoms with Gasteiger partial charge in [-0.15, -0.1) is 29.3 Å². The number of imidazole rings is 1. The second kappa shape index (κ2) is 16.0. The molecule has 5 heteroatoms. The van der Waals surface area contributed by atoms with Crippen molar-refractivity contribution >= 4 is 11.0 Å². The molecule has 4 nitrogen and oxygen atoms in total. The molecule has 8 rings (SSSR count). The van der Waals surface area contributed by atoms with E-state index in [2.05, 4.69) is 149 Å². The maximum absolute atomic E-state index is 11.3.